The van der Waals surface area contributed by atoms with Crippen LogP contribution < -0.4 is 0 Å². The second-order valence-electron chi connectivity index (χ2n) is 8.61. The van der Waals surface area contributed by atoms with E-state index in [4.69, 9.17) is 4.98 Å². The van der Waals surface area contributed by atoms with Gasteiger partial charge in [-0.15, -0.1) is 0 Å². The van der Waals surface area contributed by atoms with Crippen LogP contribution in [-0.2, 0) is 6.54 Å². The summed E-state index contributed by atoms with van der Waals surface area (Å²) in [6.07, 6.45) is 9.35. The van der Waals surface area contributed by atoms with Crippen molar-refractivity contribution in [2.24, 2.45) is 0 Å². The van der Waals surface area contributed by atoms with Crippen LogP contribution in [0.25, 0.3) is 11.2 Å². The molecule has 0 aromatic carbocycles. The van der Waals surface area contributed by atoms with Gasteiger partial charge in [0.1, 0.15) is 17.0 Å². The minimum atomic E-state index is 0.0533. The molecule has 1 fully saturated rings. The maximum Gasteiger partial charge on any atom is 0.272 e. The van der Waals surface area contributed by atoms with Crippen LogP contribution in [0.5, 0.6) is 0 Å². The van der Waals surface area contributed by atoms with Crippen LogP contribution >= 0.6 is 0 Å². The lowest BCUT2D eigenvalue weighted by molar-refractivity contribution is 0.0745. The van der Waals surface area contributed by atoms with Crippen molar-refractivity contribution in [1.82, 2.24) is 24.3 Å². The third-order valence-corrected chi connectivity index (χ3v) is 6.16. The molecule has 30 heavy (non-hydrogen) atoms. The van der Waals surface area contributed by atoms with Gasteiger partial charge in [0, 0.05) is 19.6 Å². The first-order valence-electron chi connectivity index (χ1n) is 12.0. The van der Waals surface area contributed by atoms with Crippen molar-refractivity contribution in [3.8, 4) is 0 Å². The van der Waals surface area contributed by atoms with Crippen molar-refractivity contribution in [1.29, 1.82) is 0 Å². The van der Waals surface area contributed by atoms with Gasteiger partial charge in [0.2, 0.25) is 0 Å². The molecule has 0 aliphatic carbocycles. The number of carbonyl (C=O) groups excluding carboxylic acids is 1. The molecule has 2 aromatic heterocycles. The maximum absolute atomic E-state index is 13.2. The zero-order valence-electron chi connectivity index (χ0n) is 19.2. The highest BCUT2D eigenvalue weighted by Gasteiger charge is 2.19. The molecule has 0 atom stereocenters. The van der Waals surface area contributed by atoms with E-state index in [-0.39, 0.29) is 5.91 Å². The summed E-state index contributed by atoms with van der Waals surface area (Å²) in [4.78, 5) is 27.2. The zero-order chi connectivity index (χ0) is 21.3. The lowest BCUT2D eigenvalue weighted by atomic mass is 10.1. The monoisotopic (exact) mass is 413 g/mol. The highest BCUT2D eigenvalue weighted by Crippen LogP contribution is 2.17. The number of rotatable bonds is 11. The van der Waals surface area contributed by atoms with Gasteiger partial charge in [-0.05, 0) is 70.8 Å². The minimum absolute atomic E-state index is 0.0533. The Bertz CT molecular complexity index is 801. The predicted molar refractivity (Wildman–Crippen MR) is 123 cm³/mol. The number of amides is 1. The molecule has 6 nitrogen and oxygen atoms in total. The summed E-state index contributed by atoms with van der Waals surface area (Å²) in [6.45, 7) is 12.5. The summed E-state index contributed by atoms with van der Waals surface area (Å²) in [6, 6.07) is 3.81. The van der Waals surface area contributed by atoms with Gasteiger partial charge in [-0.2, -0.15) is 0 Å². The Hall–Kier alpha value is -1.95. The first-order chi connectivity index (χ1) is 14.6. The average molecular weight is 414 g/mol. The van der Waals surface area contributed by atoms with Gasteiger partial charge in [0.05, 0.1) is 0 Å². The van der Waals surface area contributed by atoms with E-state index >= 15 is 0 Å². The van der Waals surface area contributed by atoms with E-state index in [1.54, 1.807) is 0 Å². The van der Waals surface area contributed by atoms with Crippen molar-refractivity contribution in [2.75, 3.05) is 32.7 Å². The molecule has 0 spiro atoms. The lowest BCUT2D eigenvalue weighted by Gasteiger charge is -2.26. The molecule has 3 rings (SSSR count). The van der Waals surface area contributed by atoms with Gasteiger partial charge in [-0.3, -0.25) is 4.79 Å². The van der Waals surface area contributed by atoms with Crippen LogP contribution in [0.15, 0.2) is 12.1 Å². The van der Waals surface area contributed by atoms with Gasteiger partial charge in [-0.1, -0.05) is 33.1 Å². The SMILES string of the molecule is CCCCN(CCCC)C(=O)c1ccc2nc(C)n(CCCN3CCCCC3)c2n1. The Kier molecular flexibility index (Phi) is 8.67. The van der Waals surface area contributed by atoms with E-state index in [9.17, 15) is 4.79 Å². The molecule has 0 radical (unpaired) electrons. The van der Waals surface area contributed by atoms with E-state index in [2.05, 4.69) is 28.3 Å². The number of imidazole rings is 1. The second kappa shape index (κ2) is 11.4. The number of unbranched alkanes of at least 4 members (excludes halogenated alkanes) is 2. The summed E-state index contributed by atoms with van der Waals surface area (Å²) >= 11 is 0. The Labute approximate surface area is 181 Å². The Morgan fingerprint density at radius 1 is 0.967 bits per heavy atom. The molecule has 0 unspecified atom stereocenters. The van der Waals surface area contributed by atoms with Crippen molar-refractivity contribution < 1.29 is 4.79 Å². The molecule has 1 amide bonds. The van der Waals surface area contributed by atoms with Crippen molar-refractivity contribution in [3.05, 3.63) is 23.7 Å². The van der Waals surface area contributed by atoms with Gasteiger partial charge < -0.3 is 14.4 Å². The number of nitrogens with zero attached hydrogens (tertiary/aromatic N) is 5. The summed E-state index contributed by atoms with van der Waals surface area (Å²) < 4.78 is 2.19. The van der Waals surface area contributed by atoms with Crippen molar-refractivity contribution >= 4 is 17.1 Å². The molecule has 0 saturated carbocycles. The number of aromatic nitrogens is 3. The summed E-state index contributed by atoms with van der Waals surface area (Å²) in [5.41, 5.74) is 2.28. The van der Waals surface area contributed by atoms with Gasteiger partial charge in [0.15, 0.2) is 5.65 Å². The molecule has 0 bridgehead atoms. The first kappa shape index (κ1) is 22.7. The molecule has 3 heterocycles. The quantitative estimate of drug-likeness (QED) is 0.538. The van der Waals surface area contributed by atoms with E-state index < -0.39 is 0 Å². The van der Waals surface area contributed by atoms with Crippen LogP contribution in [0.2, 0.25) is 0 Å². The summed E-state index contributed by atoms with van der Waals surface area (Å²) in [5.74, 6) is 1.03. The molecule has 2 aromatic rings. The van der Waals surface area contributed by atoms with E-state index in [1.165, 1.54) is 32.4 Å². The standard InChI is InChI=1S/C24H39N5O/c1-4-6-17-28(18-7-5-2)24(30)22-13-12-21-23(26-22)29(20(3)25-21)19-11-16-27-14-9-8-10-15-27/h12-13H,4-11,14-19H2,1-3H3. The fourth-order valence-corrected chi connectivity index (χ4v) is 4.31. The normalized spacial score (nSPS) is 15.0. The van der Waals surface area contributed by atoms with E-state index in [0.29, 0.717) is 5.69 Å². The molecular formula is C24H39N5O. The van der Waals surface area contributed by atoms with Crippen LogP contribution in [0.3, 0.4) is 0 Å². The molecule has 1 aliphatic heterocycles. The van der Waals surface area contributed by atoms with Crippen molar-refractivity contribution in [3.63, 3.8) is 0 Å². The smallest absolute Gasteiger partial charge is 0.272 e. The number of pyridine rings is 1. The number of hydrogen-bond donors (Lipinski definition) is 0. The maximum atomic E-state index is 13.2. The molecule has 0 N–H and O–H groups in total. The summed E-state index contributed by atoms with van der Waals surface area (Å²) in [7, 11) is 0. The number of piperidine rings is 1. The average Bonchev–Trinajstić information content (AvgIpc) is 3.08. The third-order valence-electron chi connectivity index (χ3n) is 6.16. The van der Waals surface area contributed by atoms with Gasteiger partial charge >= 0.3 is 0 Å². The summed E-state index contributed by atoms with van der Waals surface area (Å²) in [5, 5.41) is 0. The number of fused-ring (bicyclic) bond motifs is 1. The molecule has 1 saturated heterocycles. The van der Waals surface area contributed by atoms with Crippen molar-refractivity contribution in [2.45, 2.75) is 78.7 Å². The number of likely N-dealkylation sites (tertiary alicyclic amines) is 1. The first-order valence-corrected chi connectivity index (χ1v) is 12.0. The Morgan fingerprint density at radius 3 is 2.33 bits per heavy atom. The highest BCUT2D eigenvalue weighted by atomic mass is 16.2. The minimum Gasteiger partial charge on any atom is -0.337 e. The molecule has 6 heteroatoms. The van der Waals surface area contributed by atoms with Crippen LogP contribution in [0.1, 0.15) is 81.5 Å². The fourth-order valence-electron chi connectivity index (χ4n) is 4.31. The largest absolute Gasteiger partial charge is 0.337 e. The Morgan fingerprint density at radius 2 is 1.67 bits per heavy atom. The Balaban J connectivity index is 1.73. The van der Waals surface area contributed by atoms with Gasteiger partial charge in [-0.25, -0.2) is 9.97 Å². The molecular weight excluding hydrogens is 374 g/mol. The topological polar surface area (TPSA) is 54.3 Å². The second-order valence-corrected chi connectivity index (χ2v) is 8.61. The third kappa shape index (κ3) is 5.81. The van der Waals surface area contributed by atoms with E-state index in [1.807, 2.05) is 24.0 Å². The van der Waals surface area contributed by atoms with Crippen LogP contribution in [0.4, 0.5) is 0 Å². The zero-order valence-corrected chi connectivity index (χ0v) is 19.2. The number of carbonyl (C=O) groups is 1. The van der Waals surface area contributed by atoms with Crippen LogP contribution in [0, 0.1) is 6.92 Å². The molecule has 1 aliphatic rings. The number of hydrogen-bond acceptors (Lipinski definition) is 4. The molecule has 166 valence electrons. The highest BCUT2D eigenvalue weighted by molar-refractivity contribution is 5.94. The van der Waals surface area contributed by atoms with Crippen LogP contribution in [-0.4, -0.2) is 63.0 Å². The fraction of sp³-hybridized carbons (Fsp3) is 0.708. The van der Waals surface area contributed by atoms with E-state index in [0.717, 1.165) is 75.3 Å². The number of aryl methyl sites for hydroxylation is 2. The predicted octanol–water partition coefficient (Wildman–Crippen LogP) is 4.66. The van der Waals surface area contributed by atoms with Gasteiger partial charge in [0.25, 0.3) is 5.91 Å². The lowest BCUT2D eigenvalue weighted by Crippen LogP contribution is -2.33.